The first kappa shape index (κ1) is 13.3. The summed E-state index contributed by atoms with van der Waals surface area (Å²) >= 11 is 0. The molecule has 0 saturated heterocycles. The highest BCUT2D eigenvalue weighted by Crippen LogP contribution is 2.31. The van der Waals surface area contributed by atoms with Crippen LogP contribution in [0.5, 0.6) is 5.75 Å². The van der Waals surface area contributed by atoms with Crippen molar-refractivity contribution in [2.24, 2.45) is 0 Å². The molecule has 1 aliphatic rings. The van der Waals surface area contributed by atoms with Gasteiger partial charge in [-0.05, 0) is 24.1 Å². The number of hydrogen-bond acceptors (Lipinski definition) is 4. The number of carbonyl (C=O) groups excluding carboxylic acids is 1. The second-order valence-electron chi connectivity index (χ2n) is 4.27. The Kier molecular flexibility index (Phi) is 3.43. The molecule has 1 aliphatic heterocycles. The first-order chi connectivity index (χ1) is 8.88. The molecule has 0 bridgehead atoms. The van der Waals surface area contributed by atoms with E-state index < -0.39 is 24.8 Å². The third kappa shape index (κ3) is 2.68. The lowest BCUT2D eigenvalue weighted by Gasteiger charge is -2.28. The second-order valence-corrected chi connectivity index (χ2v) is 4.27. The van der Waals surface area contributed by atoms with E-state index in [9.17, 15) is 19.0 Å². The third-order valence-electron chi connectivity index (χ3n) is 2.77. The molecule has 19 heavy (non-hydrogen) atoms. The molecule has 6 nitrogen and oxygen atoms in total. The summed E-state index contributed by atoms with van der Waals surface area (Å²) in [6.07, 6.45) is 0.0914. The lowest BCUT2D eigenvalue weighted by Crippen LogP contribution is -2.52. The number of carboxylic acid groups (broad SMARTS) is 1. The number of rotatable bonds is 2. The van der Waals surface area contributed by atoms with Gasteiger partial charge in [-0.15, -0.1) is 0 Å². The van der Waals surface area contributed by atoms with Gasteiger partial charge in [-0.2, -0.15) is 0 Å². The molecule has 3 N–H and O–H groups in total. The molecule has 1 heterocycles. The fourth-order valence-electron chi connectivity index (χ4n) is 2.02. The van der Waals surface area contributed by atoms with Gasteiger partial charge in [0.15, 0.2) is 0 Å². The molecule has 0 spiro atoms. The summed E-state index contributed by atoms with van der Waals surface area (Å²) in [5, 5.41) is 21.1. The molecule has 0 radical (unpaired) electrons. The molecule has 2 rings (SSSR count). The van der Waals surface area contributed by atoms with E-state index in [0.29, 0.717) is 5.56 Å². The van der Waals surface area contributed by atoms with Crippen LogP contribution in [0, 0.1) is 5.82 Å². The maximum Gasteiger partial charge on any atom is 0.547 e. The molecule has 8 heteroatoms. The average Bonchev–Trinajstić information content (AvgIpc) is 2.29. The minimum Gasteiger partial charge on any atom is -0.534 e. The lowest BCUT2D eigenvalue weighted by atomic mass is 9.72. The molecule has 1 aromatic rings. The summed E-state index contributed by atoms with van der Waals surface area (Å²) in [5.41, 5.74) is -0.0585. The van der Waals surface area contributed by atoms with Crippen LogP contribution in [0.1, 0.15) is 22.8 Å². The normalized spacial score (nSPS) is 17.4. The Bertz CT molecular complexity index is 550. The summed E-state index contributed by atoms with van der Waals surface area (Å²) in [4.78, 5) is 22.0. The maximum absolute atomic E-state index is 13.3. The van der Waals surface area contributed by atoms with Gasteiger partial charge in [-0.25, -0.2) is 9.18 Å². The third-order valence-corrected chi connectivity index (χ3v) is 2.77. The molecule has 0 saturated carbocycles. The zero-order valence-electron chi connectivity index (χ0n) is 10.0. The summed E-state index contributed by atoms with van der Waals surface area (Å²) in [5.74, 6) is -3.24. The van der Waals surface area contributed by atoms with Crippen molar-refractivity contribution >= 4 is 19.0 Å². The van der Waals surface area contributed by atoms with Crippen LogP contribution in [-0.2, 0) is 11.2 Å². The van der Waals surface area contributed by atoms with Crippen molar-refractivity contribution in [3.63, 3.8) is 0 Å². The van der Waals surface area contributed by atoms with Crippen molar-refractivity contribution in [2.75, 3.05) is 0 Å². The van der Waals surface area contributed by atoms with Gasteiger partial charge in [-0.3, -0.25) is 4.79 Å². The fraction of sp³-hybridized carbons (Fsp3) is 0.273. The zero-order valence-corrected chi connectivity index (χ0v) is 10.0. The van der Waals surface area contributed by atoms with E-state index in [4.69, 9.17) is 9.76 Å². The Morgan fingerprint density at radius 1 is 1.53 bits per heavy atom. The number of nitrogens with one attached hydrogen (secondary N) is 1. The van der Waals surface area contributed by atoms with Crippen LogP contribution in [0.25, 0.3) is 0 Å². The van der Waals surface area contributed by atoms with Crippen LogP contribution in [-0.4, -0.2) is 35.1 Å². The lowest BCUT2D eigenvalue weighted by molar-refractivity contribution is -0.119. The van der Waals surface area contributed by atoms with Crippen LogP contribution in [0.2, 0.25) is 0 Å². The minimum atomic E-state index is -1.38. The molecule has 1 atom stereocenters. The first-order valence-corrected chi connectivity index (χ1v) is 5.56. The Labute approximate surface area is 108 Å². The van der Waals surface area contributed by atoms with Gasteiger partial charge in [-0.1, -0.05) is 0 Å². The van der Waals surface area contributed by atoms with E-state index in [1.807, 2.05) is 0 Å². The Morgan fingerprint density at radius 3 is 2.79 bits per heavy atom. The number of amides is 1. The predicted octanol–water partition coefficient (Wildman–Crippen LogP) is -0.0168. The number of halogens is 1. The monoisotopic (exact) mass is 267 g/mol. The van der Waals surface area contributed by atoms with Crippen LogP contribution in [0.3, 0.4) is 0 Å². The van der Waals surface area contributed by atoms with Gasteiger partial charge in [0.1, 0.15) is 17.1 Å². The van der Waals surface area contributed by atoms with E-state index >= 15 is 0 Å². The standard InChI is InChI=1S/C11H11BFNO5/c1-5(15)14-9-3-6-2-7(13)4-8(11(16)17)10(6)19-12(9)18/h2,4,9,18H,3H2,1H3,(H,14,15)(H,16,17). The van der Waals surface area contributed by atoms with Gasteiger partial charge in [0.25, 0.3) is 0 Å². The number of fused-ring (bicyclic) bond motifs is 1. The Morgan fingerprint density at radius 2 is 2.21 bits per heavy atom. The number of aromatic carboxylic acids is 1. The van der Waals surface area contributed by atoms with Gasteiger partial charge >= 0.3 is 13.1 Å². The first-order valence-electron chi connectivity index (χ1n) is 5.56. The molecule has 100 valence electrons. The van der Waals surface area contributed by atoms with Gasteiger partial charge in [0.2, 0.25) is 5.91 Å². The molecule has 0 fully saturated rings. The maximum atomic E-state index is 13.3. The Balaban J connectivity index is 2.40. The van der Waals surface area contributed by atoms with Gasteiger partial charge in [0.05, 0.1) is 5.94 Å². The number of hydrogen-bond donors (Lipinski definition) is 3. The molecule has 1 unspecified atom stereocenters. The highest BCUT2D eigenvalue weighted by Gasteiger charge is 2.37. The fourth-order valence-corrected chi connectivity index (χ4v) is 2.02. The van der Waals surface area contributed by atoms with Crippen LogP contribution in [0.15, 0.2) is 12.1 Å². The van der Waals surface area contributed by atoms with E-state index in [0.717, 1.165) is 12.1 Å². The quantitative estimate of drug-likeness (QED) is 0.654. The van der Waals surface area contributed by atoms with Crippen molar-refractivity contribution in [3.05, 3.63) is 29.1 Å². The van der Waals surface area contributed by atoms with Crippen LogP contribution >= 0.6 is 0 Å². The van der Waals surface area contributed by atoms with Crippen molar-refractivity contribution in [1.82, 2.24) is 5.32 Å². The molecule has 1 amide bonds. The van der Waals surface area contributed by atoms with Crippen molar-refractivity contribution in [1.29, 1.82) is 0 Å². The predicted molar refractivity (Wildman–Crippen MR) is 63.3 cm³/mol. The largest absolute Gasteiger partial charge is 0.547 e. The van der Waals surface area contributed by atoms with Crippen LogP contribution < -0.4 is 9.97 Å². The second kappa shape index (κ2) is 4.89. The van der Waals surface area contributed by atoms with E-state index in [1.165, 1.54) is 6.92 Å². The zero-order chi connectivity index (χ0) is 14.2. The molecule has 0 aromatic heterocycles. The summed E-state index contributed by atoms with van der Waals surface area (Å²) < 4.78 is 18.4. The topological polar surface area (TPSA) is 95.9 Å². The highest BCUT2D eigenvalue weighted by atomic mass is 19.1. The van der Waals surface area contributed by atoms with Crippen LogP contribution in [0.4, 0.5) is 4.39 Å². The SMILES string of the molecule is CC(=O)NC1Cc2cc(F)cc(C(=O)O)c2OB1O. The van der Waals surface area contributed by atoms with E-state index in [-0.39, 0.29) is 23.6 Å². The number of carboxylic acids is 1. The minimum absolute atomic E-state index is 0.0667. The summed E-state index contributed by atoms with van der Waals surface area (Å²) in [7, 11) is -1.38. The van der Waals surface area contributed by atoms with Crippen molar-refractivity contribution in [3.8, 4) is 5.75 Å². The van der Waals surface area contributed by atoms with Crippen molar-refractivity contribution < 1.29 is 28.8 Å². The highest BCUT2D eigenvalue weighted by molar-refractivity contribution is 6.47. The smallest absolute Gasteiger partial charge is 0.534 e. The summed E-state index contributed by atoms with van der Waals surface area (Å²) in [6.45, 7) is 1.27. The molecular formula is C11H11BFNO5. The Hall–Kier alpha value is -2.09. The molecule has 0 aliphatic carbocycles. The van der Waals surface area contributed by atoms with E-state index in [2.05, 4.69) is 5.32 Å². The summed E-state index contributed by atoms with van der Waals surface area (Å²) in [6, 6.07) is 1.95. The average molecular weight is 267 g/mol. The van der Waals surface area contributed by atoms with Gasteiger partial charge in [0, 0.05) is 6.92 Å². The number of carbonyl (C=O) groups is 2. The van der Waals surface area contributed by atoms with Crippen molar-refractivity contribution in [2.45, 2.75) is 19.3 Å². The molecular weight excluding hydrogens is 256 g/mol. The number of benzene rings is 1. The van der Waals surface area contributed by atoms with Gasteiger partial charge < -0.3 is 20.1 Å². The van der Waals surface area contributed by atoms with E-state index in [1.54, 1.807) is 0 Å². The molecule has 1 aromatic carbocycles.